The van der Waals surface area contributed by atoms with Gasteiger partial charge in [-0.25, -0.2) is 4.79 Å². The van der Waals surface area contributed by atoms with Gasteiger partial charge in [-0.2, -0.15) is 0 Å². The van der Waals surface area contributed by atoms with E-state index in [1.165, 1.54) is 0 Å². The number of carbonyl (C=O) groups excluding carboxylic acids is 1. The number of aromatic nitrogens is 2. The second-order valence-electron chi connectivity index (χ2n) is 6.73. The summed E-state index contributed by atoms with van der Waals surface area (Å²) < 4.78 is 1.14. The molecule has 1 amide bonds. The van der Waals surface area contributed by atoms with Gasteiger partial charge in [-0.05, 0) is 43.5 Å². The molecule has 1 fully saturated rings. The molecule has 3 N–H and O–H groups in total. The van der Waals surface area contributed by atoms with Crippen LogP contribution in [-0.2, 0) is 6.54 Å². The Balaban J connectivity index is 0.00000225. The molecule has 136 valence electrons. The van der Waals surface area contributed by atoms with Gasteiger partial charge in [-0.3, -0.25) is 14.2 Å². The molecule has 1 saturated heterocycles. The molecule has 0 bridgehead atoms. The fraction of sp³-hybridized carbons (Fsp3) is 0.471. The number of fused-ring (bicyclic) bond motifs is 1. The molecule has 1 aromatic carbocycles. The monoisotopic (exact) mass is 366 g/mol. The van der Waals surface area contributed by atoms with Gasteiger partial charge >= 0.3 is 5.69 Å². The van der Waals surface area contributed by atoms with E-state index in [1.807, 2.05) is 0 Å². The van der Waals surface area contributed by atoms with Crippen LogP contribution in [0.1, 0.15) is 30.6 Å². The van der Waals surface area contributed by atoms with E-state index in [9.17, 15) is 14.4 Å². The quantitative estimate of drug-likeness (QED) is 0.844. The van der Waals surface area contributed by atoms with Gasteiger partial charge in [0, 0.05) is 25.2 Å². The molecule has 3 rings (SSSR count). The van der Waals surface area contributed by atoms with Crippen LogP contribution in [0.4, 0.5) is 0 Å². The maximum atomic E-state index is 12.7. The third kappa shape index (κ3) is 3.34. The van der Waals surface area contributed by atoms with E-state index >= 15 is 0 Å². The van der Waals surface area contributed by atoms with Crippen molar-refractivity contribution in [3.8, 4) is 0 Å². The second kappa shape index (κ2) is 7.01. The minimum absolute atomic E-state index is 0. The fourth-order valence-electron chi connectivity index (χ4n) is 3.22. The molecule has 2 aromatic rings. The van der Waals surface area contributed by atoms with Gasteiger partial charge in [-0.15, -0.1) is 12.4 Å². The lowest BCUT2D eigenvalue weighted by atomic mass is 9.90. The molecule has 0 saturated carbocycles. The van der Waals surface area contributed by atoms with Crippen molar-refractivity contribution in [1.82, 2.24) is 14.5 Å². The van der Waals surface area contributed by atoms with Gasteiger partial charge in [-0.1, -0.05) is 6.92 Å². The maximum Gasteiger partial charge on any atom is 0.328 e. The minimum Gasteiger partial charge on any atom is -0.338 e. The number of hydrogen-bond donors (Lipinski definition) is 2. The molecule has 8 heteroatoms. The summed E-state index contributed by atoms with van der Waals surface area (Å²) in [6.07, 6.45) is 0.876. The first-order chi connectivity index (χ1) is 11.4. The number of aromatic amines is 1. The number of nitrogens with one attached hydrogen (secondary N) is 1. The number of H-pyrrole nitrogens is 1. The molecule has 0 spiro atoms. The average molecular weight is 367 g/mol. The Bertz CT molecular complexity index is 920. The van der Waals surface area contributed by atoms with Crippen molar-refractivity contribution in [2.45, 2.75) is 26.8 Å². The Morgan fingerprint density at radius 2 is 2.08 bits per heavy atom. The van der Waals surface area contributed by atoms with Crippen molar-refractivity contribution in [3.05, 3.63) is 44.6 Å². The van der Waals surface area contributed by atoms with Gasteiger partial charge < -0.3 is 15.6 Å². The smallest absolute Gasteiger partial charge is 0.328 e. The van der Waals surface area contributed by atoms with Crippen molar-refractivity contribution in [2.24, 2.45) is 11.1 Å². The van der Waals surface area contributed by atoms with Gasteiger partial charge in [0.05, 0.1) is 10.9 Å². The van der Waals surface area contributed by atoms with Crippen molar-refractivity contribution < 1.29 is 4.79 Å². The number of amides is 1. The predicted molar refractivity (Wildman–Crippen MR) is 99.4 cm³/mol. The van der Waals surface area contributed by atoms with Gasteiger partial charge in [0.2, 0.25) is 0 Å². The van der Waals surface area contributed by atoms with E-state index in [1.54, 1.807) is 30.0 Å². The zero-order chi connectivity index (χ0) is 17.5. The van der Waals surface area contributed by atoms with E-state index in [-0.39, 0.29) is 29.3 Å². The molecule has 1 aromatic heterocycles. The van der Waals surface area contributed by atoms with Crippen molar-refractivity contribution in [2.75, 3.05) is 19.6 Å². The van der Waals surface area contributed by atoms with Gasteiger partial charge in [0.1, 0.15) is 0 Å². The molecule has 1 atom stereocenters. The Kier molecular flexibility index (Phi) is 5.39. The molecule has 1 aliphatic rings. The summed E-state index contributed by atoms with van der Waals surface area (Å²) in [6, 6.07) is 4.83. The molecular formula is C17H23ClN4O3. The van der Waals surface area contributed by atoms with Gasteiger partial charge in [0.25, 0.3) is 11.5 Å². The largest absolute Gasteiger partial charge is 0.338 e. The third-order valence-electron chi connectivity index (χ3n) is 4.88. The lowest BCUT2D eigenvalue weighted by Gasteiger charge is -2.22. The zero-order valence-corrected chi connectivity index (χ0v) is 15.2. The lowest BCUT2D eigenvalue weighted by Crippen LogP contribution is -2.35. The number of nitrogens with zero attached hydrogens (tertiary/aromatic N) is 2. The van der Waals surface area contributed by atoms with Crippen molar-refractivity contribution in [3.63, 3.8) is 0 Å². The summed E-state index contributed by atoms with van der Waals surface area (Å²) >= 11 is 0. The van der Waals surface area contributed by atoms with Crippen LogP contribution in [-0.4, -0.2) is 40.0 Å². The number of carbonyl (C=O) groups is 1. The number of nitrogens with two attached hydrogens (primary N) is 1. The first-order valence-corrected chi connectivity index (χ1v) is 8.15. The van der Waals surface area contributed by atoms with Crippen LogP contribution >= 0.6 is 12.4 Å². The Hall–Kier alpha value is -2.12. The molecule has 1 unspecified atom stereocenters. The van der Waals surface area contributed by atoms with E-state index in [2.05, 4.69) is 11.9 Å². The minimum atomic E-state index is -0.462. The molecular weight excluding hydrogens is 344 g/mol. The van der Waals surface area contributed by atoms with Crippen LogP contribution in [0.2, 0.25) is 0 Å². The standard InChI is InChI=1S/C17H22N4O3.ClH/c1-3-21-15(23)12-5-4-11(8-13(12)19-16(21)24)14(22)20-7-6-17(2,9-18)10-20;/h4-5,8H,3,6-7,9-10,18H2,1-2H3,(H,19,24);1H. The normalized spacial score (nSPS) is 19.9. The topological polar surface area (TPSA) is 101 Å². The maximum absolute atomic E-state index is 12.7. The highest BCUT2D eigenvalue weighted by molar-refractivity contribution is 5.97. The van der Waals surface area contributed by atoms with E-state index in [0.29, 0.717) is 42.6 Å². The van der Waals surface area contributed by atoms with Crippen LogP contribution < -0.4 is 17.0 Å². The second-order valence-corrected chi connectivity index (χ2v) is 6.73. The number of halogens is 1. The molecule has 0 aliphatic carbocycles. The Morgan fingerprint density at radius 1 is 1.36 bits per heavy atom. The van der Waals surface area contributed by atoms with Gasteiger partial charge in [0.15, 0.2) is 0 Å². The summed E-state index contributed by atoms with van der Waals surface area (Å²) in [7, 11) is 0. The molecule has 7 nitrogen and oxygen atoms in total. The van der Waals surface area contributed by atoms with E-state index < -0.39 is 5.69 Å². The van der Waals surface area contributed by atoms with Crippen LogP contribution in [0, 0.1) is 5.41 Å². The van der Waals surface area contributed by atoms with Crippen LogP contribution in [0.15, 0.2) is 27.8 Å². The fourth-order valence-corrected chi connectivity index (χ4v) is 3.22. The summed E-state index contributed by atoms with van der Waals surface area (Å²) in [6.45, 7) is 5.94. The Morgan fingerprint density at radius 3 is 2.68 bits per heavy atom. The van der Waals surface area contributed by atoms with Crippen molar-refractivity contribution in [1.29, 1.82) is 0 Å². The predicted octanol–water partition coefficient (Wildman–Crippen LogP) is 0.942. The first-order valence-electron chi connectivity index (χ1n) is 8.15. The van der Waals surface area contributed by atoms with E-state index in [4.69, 9.17) is 5.73 Å². The summed E-state index contributed by atoms with van der Waals surface area (Å²) in [5.74, 6) is -0.102. The third-order valence-corrected chi connectivity index (χ3v) is 4.88. The summed E-state index contributed by atoms with van der Waals surface area (Å²) in [5.41, 5.74) is 5.80. The highest BCUT2D eigenvalue weighted by atomic mass is 35.5. The van der Waals surface area contributed by atoms with Crippen LogP contribution in [0.3, 0.4) is 0 Å². The summed E-state index contributed by atoms with van der Waals surface area (Å²) in [4.78, 5) is 41.4. The first kappa shape index (κ1) is 19.2. The highest BCUT2D eigenvalue weighted by Gasteiger charge is 2.35. The summed E-state index contributed by atoms with van der Waals surface area (Å²) in [5, 5.41) is 0.404. The Labute approximate surface area is 151 Å². The lowest BCUT2D eigenvalue weighted by molar-refractivity contribution is 0.0777. The molecule has 1 aliphatic heterocycles. The number of rotatable bonds is 3. The molecule has 25 heavy (non-hydrogen) atoms. The zero-order valence-electron chi connectivity index (χ0n) is 14.4. The SMILES string of the molecule is CCn1c(=O)[nH]c2cc(C(=O)N3CCC(C)(CN)C3)ccc2c1=O.Cl. The van der Waals surface area contributed by atoms with Crippen LogP contribution in [0.5, 0.6) is 0 Å². The highest BCUT2D eigenvalue weighted by Crippen LogP contribution is 2.29. The average Bonchev–Trinajstić information content (AvgIpc) is 2.97. The van der Waals surface area contributed by atoms with Crippen LogP contribution in [0.25, 0.3) is 10.9 Å². The number of benzene rings is 1. The number of hydrogen-bond acceptors (Lipinski definition) is 4. The number of likely N-dealkylation sites (tertiary alicyclic amines) is 1. The molecule has 0 radical (unpaired) electrons. The van der Waals surface area contributed by atoms with Crippen molar-refractivity contribution >= 4 is 29.2 Å². The van der Waals surface area contributed by atoms with E-state index in [0.717, 1.165) is 11.0 Å². The molecule has 2 heterocycles.